The molecule has 0 aliphatic rings. The number of benzene rings is 1. The molecule has 1 N–H and O–H groups in total. The molecule has 0 aliphatic carbocycles. The van der Waals surface area contributed by atoms with E-state index in [1.807, 2.05) is 18.4 Å². The summed E-state index contributed by atoms with van der Waals surface area (Å²) < 4.78 is 18.1. The summed E-state index contributed by atoms with van der Waals surface area (Å²) in [7, 11) is 4.69. The Bertz CT molecular complexity index is 979. The Hall–Kier alpha value is -2.65. The van der Waals surface area contributed by atoms with Crippen LogP contribution in [0.5, 0.6) is 17.2 Å². The molecule has 0 bridgehead atoms. The average molecular weight is 390 g/mol. The Kier molecular flexibility index (Phi) is 5.38. The predicted octanol–water partition coefficient (Wildman–Crippen LogP) is 3.89. The first-order valence-corrected chi connectivity index (χ1v) is 8.94. The van der Waals surface area contributed by atoms with Crippen LogP contribution in [0.15, 0.2) is 28.7 Å². The number of thiophene rings is 1. The van der Waals surface area contributed by atoms with Crippen molar-refractivity contribution in [2.45, 2.75) is 6.92 Å². The average Bonchev–Trinajstić information content (AvgIpc) is 3.23. The van der Waals surface area contributed by atoms with E-state index in [2.05, 4.69) is 15.3 Å². The standard InChI is InChI=1S/C17H18N4O3S2/c1-10-5-6-26-14(10)9-18-21-16(19-20-17(21)25)11-7-12(22-2)15(24-4)13(8-11)23-3/h5-9H,1-4H3,(H,20,25)/b18-9-. The molecule has 0 saturated heterocycles. The quantitative estimate of drug-likeness (QED) is 0.511. The third-order valence-corrected chi connectivity index (χ3v) is 4.98. The minimum Gasteiger partial charge on any atom is -0.493 e. The van der Waals surface area contributed by atoms with Crippen molar-refractivity contribution < 1.29 is 14.2 Å². The molecule has 7 nitrogen and oxygen atoms in total. The van der Waals surface area contributed by atoms with Gasteiger partial charge in [0.25, 0.3) is 0 Å². The summed E-state index contributed by atoms with van der Waals surface area (Å²) in [5.74, 6) is 2.11. The smallest absolute Gasteiger partial charge is 0.216 e. The first kappa shape index (κ1) is 18.2. The molecule has 0 fully saturated rings. The Morgan fingerprint density at radius 2 is 1.88 bits per heavy atom. The fourth-order valence-corrected chi connectivity index (χ4v) is 3.38. The number of aromatic amines is 1. The third-order valence-electron chi connectivity index (χ3n) is 3.77. The predicted molar refractivity (Wildman–Crippen MR) is 105 cm³/mol. The van der Waals surface area contributed by atoms with Crippen LogP contribution in [0.2, 0.25) is 0 Å². The summed E-state index contributed by atoms with van der Waals surface area (Å²) in [6.45, 7) is 2.03. The monoisotopic (exact) mass is 390 g/mol. The second-order valence-corrected chi connectivity index (χ2v) is 6.63. The molecule has 0 unspecified atom stereocenters. The van der Waals surface area contributed by atoms with Gasteiger partial charge in [-0.05, 0) is 48.3 Å². The van der Waals surface area contributed by atoms with Crippen molar-refractivity contribution in [1.29, 1.82) is 0 Å². The first-order valence-electron chi connectivity index (χ1n) is 7.65. The number of H-pyrrole nitrogens is 1. The number of rotatable bonds is 6. The van der Waals surface area contributed by atoms with Crippen LogP contribution in [-0.4, -0.2) is 42.4 Å². The largest absolute Gasteiger partial charge is 0.493 e. The van der Waals surface area contributed by atoms with Gasteiger partial charge in [-0.15, -0.1) is 11.3 Å². The maximum atomic E-state index is 5.41. The first-order chi connectivity index (χ1) is 12.6. The summed E-state index contributed by atoms with van der Waals surface area (Å²) in [5.41, 5.74) is 1.88. The highest BCUT2D eigenvalue weighted by Gasteiger charge is 2.17. The van der Waals surface area contributed by atoms with Crippen molar-refractivity contribution in [3.8, 4) is 28.6 Å². The van der Waals surface area contributed by atoms with Gasteiger partial charge in [-0.25, -0.2) is 5.10 Å². The minimum atomic E-state index is 0.388. The molecule has 9 heteroatoms. The molecule has 3 rings (SSSR count). The van der Waals surface area contributed by atoms with Gasteiger partial charge in [0.1, 0.15) is 0 Å². The molecular weight excluding hydrogens is 372 g/mol. The Morgan fingerprint density at radius 3 is 2.42 bits per heavy atom. The molecule has 0 spiro atoms. The molecule has 2 heterocycles. The van der Waals surface area contributed by atoms with E-state index < -0.39 is 0 Å². The number of nitrogens with zero attached hydrogens (tertiary/aromatic N) is 3. The number of hydrogen-bond donors (Lipinski definition) is 1. The van der Waals surface area contributed by atoms with E-state index in [-0.39, 0.29) is 0 Å². The SMILES string of the molecule is COc1cc(-c2n[nH]c(=S)n2/N=C\c2sccc2C)cc(OC)c1OC. The van der Waals surface area contributed by atoms with E-state index in [1.54, 1.807) is 55.7 Å². The lowest BCUT2D eigenvalue weighted by Gasteiger charge is -2.13. The highest BCUT2D eigenvalue weighted by molar-refractivity contribution is 7.71. The van der Waals surface area contributed by atoms with Gasteiger partial charge in [-0.1, -0.05) is 0 Å². The molecule has 1 aromatic carbocycles. The fraction of sp³-hybridized carbons (Fsp3) is 0.235. The van der Waals surface area contributed by atoms with Crippen molar-refractivity contribution in [2.75, 3.05) is 21.3 Å². The van der Waals surface area contributed by atoms with Gasteiger partial charge in [0, 0.05) is 5.56 Å². The van der Waals surface area contributed by atoms with Crippen molar-refractivity contribution in [3.63, 3.8) is 0 Å². The van der Waals surface area contributed by atoms with Gasteiger partial charge < -0.3 is 14.2 Å². The number of nitrogens with one attached hydrogen (secondary N) is 1. The van der Waals surface area contributed by atoms with Gasteiger partial charge in [0.15, 0.2) is 17.3 Å². The third kappa shape index (κ3) is 3.35. The maximum Gasteiger partial charge on any atom is 0.216 e. The van der Waals surface area contributed by atoms with E-state index in [0.717, 1.165) is 16.0 Å². The van der Waals surface area contributed by atoms with E-state index in [9.17, 15) is 0 Å². The Morgan fingerprint density at radius 1 is 1.19 bits per heavy atom. The summed E-state index contributed by atoms with van der Waals surface area (Å²) in [6, 6.07) is 5.64. The van der Waals surface area contributed by atoms with Crippen molar-refractivity contribution in [1.82, 2.24) is 14.9 Å². The zero-order valence-electron chi connectivity index (χ0n) is 14.8. The van der Waals surface area contributed by atoms with Crippen LogP contribution >= 0.6 is 23.6 Å². The number of hydrogen-bond acceptors (Lipinski definition) is 7. The van der Waals surface area contributed by atoms with Gasteiger partial charge in [0.05, 0.1) is 32.4 Å². The summed E-state index contributed by atoms with van der Waals surface area (Å²) in [6.07, 6.45) is 1.77. The summed E-state index contributed by atoms with van der Waals surface area (Å²) in [5, 5.41) is 13.6. The van der Waals surface area contributed by atoms with Crippen LogP contribution in [0.4, 0.5) is 0 Å². The van der Waals surface area contributed by atoms with Crippen LogP contribution in [0.1, 0.15) is 10.4 Å². The molecular formula is C17H18N4O3S2. The molecule has 0 radical (unpaired) electrons. The molecule has 3 aromatic rings. The summed E-state index contributed by atoms with van der Waals surface area (Å²) >= 11 is 6.93. The number of aryl methyl sites for hydroxylation is 1. The number of ether oxygens (including phenoxy) is 3. The van der Waals surface area contributed by atoms with E-state index in [4.69, 9.17) is 26.4 Å². The van der Waals surface area contributed by atoms with Crippen LogP contribution in [-0.2, 0) is 0 Å². The van der Waals surface area contributed by atoms with Gasteiger partial charge in [0.2, 0.25) is 10.5 Å². The van der Waals surface area contributed by atoms with E-state index in [1.165, 1.54) is 0 Å². The van der Waals surface area contributed by atoms with Gasteiger partial charge in [-0.3, -0.25) is 0 Å². The second-order valence-electron chi connectivity index (χ2n) is 5.29. The van der Waals surface area contributed by atoms with Crippen LogP contribution < -0.4 is 14.2 Å². The molecule has 0 aliphatic heterocycles. The molecule has 26 heavy (non-hydrogen) atoms. The number of aromatic nitrogens is 3. The zero-order chi connectivity index (χ0) is 18.7. The van der Waals surface area contributed by atoms with Crippen LogP contribution in [0.25, 0.3) is 11.4 Å². The minimum absolute atomic E-state index is 0.388. The van der Waals surface area contributed by atoms with Gasteiger partial charge >= 0.3 is 0 Å². The molecule has 136 valence electrons. The molecule has 0 atom stereocenters. The highest BCUT2D eigenvalue weighted by atomic mass is 32.1. The fourth-order valence-electron chi connectivity index (χ4n) is 2.42. The van der Waals surface area contributed by atoms with Crippen LogP contribution in [0, 0.1) is 11.7 Å². The van der Waals surface area contributed by atoms with Crippen LogP contribution in [0.3, 0.4) is 0 Å². The van der Waals surface area contributed by atoms with E-state index in [0.29, 0.717) is 27.8 Å². The normalized spacial score (nSPS) is 11.1. The lowest BCUT2D eigenvalue weighted by molar-refractivity contribution is 0.324. The zero-order valence-corrected chi connectivity index (χ0v) is 16.4. The van der Waals surface area contributed by atoms with E-state index >= 15 is 0 Å². The topological polar surface area (TPSA) is 73.7 Å². The van der Waals surface area contributed by atoms with Crippen molar-refractivity contribution in [2.24, 2.45) is 5.10 Å². The molecule has 2 aromatic heterocycles. The Balaban J connectivity index is 2.10. The summed E-state index contributed by atoms with van der Waals surface area (Å²) in [4.78, 5) is 1.06. The lowest BCUT2D eigenvalue weighted by Crippen LogP contribution is -1.99. The van der Waals surface area contributed by atoms with Crippen molar-refractivity contribution >= 4 is 29.8 Å². The van der Waals surface area contributed by atoms with Gasteiger partial charge in [-0.2, -0.15) is 14.9 Å². The highest BCUT2D eigenvalue weighted by Crippen LogP contribution is 2.40. The maximum absolute atomic E-state index is 5.41. The van der Waals surface area contributed by atoms with Crippen molar-refractivity contribution in [3.05, 3.63) is 38.8 Å². The molecule has 0 saturated carbocycles. The number of methoxy groups -OCH3 is 3. The molecule has 0 amide bonds. The Labute approximate surface area is 159 Å². The lowest BCUT2D eigenvalue weighted by atomic mass is 10.1. The second kappa shape index (κ2) is 7.71.